The Hall–Kier alpha value is -1.47. The van der Waals surface area contributed by atoms with Crippen LogP contribution in [0.4, 0.5) is 0 Å². The third-order valence-corrected chi connectivity index (χ3v) is 18.0. The summed E-state index contributed by atoms with van der Waals surface area (Å²) in [7, 11) is 0. The molecule has 4 aliphatic carbocycles. The molecule has 0 aromatic carbocycles. The Bertz CT molecular complexity index is 1740. The second kappa shape index (κ2) is 18.9. The molecule has 9 aliphatic rings. The van der Waals surface area contributed by atoms with E-state index < -0.39 is 134 Å². The predicted molar refractivity (Wildman–Crippen MR) is 225 cm³/mol. The molecule has 66 heavy (non-hydrogen) atoms. The molecule has 5 aliphatic heterocycles. The van der Waals surface area contributed by atoms with Gasteiger partial charge in [-0.25, -0.2) is 4.79 Å². The Morgan fingerprint density at radius 1 is 0.667 bits per heavy atom. The van der Waals surface area contributed by atoms with Crippen molar-refractivity contribution in [1.82, 2.24) is 0 Å². The highest BCUT2D eigenvalue weighted by molar-refractivity contribution is 5.85. The van der Waals surface area contributed by atoms with E-state index in [0.717, 1.165) is 50.5 Å². The number of aliphatic hydroxyl groups excluding tert-OH is 8. The average Bonchev–Trinajstić information content (AvgIpc) is 3.78. The Balaban J connectivity index is 0.877. The summed E-state index contributed by atoms with van der Waals surface area (Å²) in [5, 5.41) is 97.4. The molecule has 0 aromatic rings. The monoisotopic (exact) mass is 942 g/mol. The van der Waals surface area contributed by atoms with E-state index in [-0.39, 0.29) is 61.6 Å². The zero-order valence-corrected chi connectivity index (χ0v) is 38.7. The van der Waals surface area contributed by atoms with Crippen molar-refractivity contribution >= 4 is 5.97 Å². The van der Waals surface area contributed by atoms with Crippen LogP contribution in [0.2, 0.25) is 0 Å². The molecule has 0 amide bonds. The summed E-state index contributed by atoms with van der Waals surface area (Å²) >= 11 is 0. The number of hydrogen-bond donors (Lipinski definition) is 9. The lowest BCUT2D eigenvalue weighted by Gasteiger charge is -2.63. The smallest absolute Gasteiger partial charge is 0.331 e. The number of aliphatic hydroxyl groups is 9. The maximum Gasteiger partial charge on any atom is 0.331 e. The van der Waals surface area contributed by atoms with E-state index in [2.05, 4.69) is 13.8 Å². The van der Waals surface area contributed by atoms with Gasteiger partial charge in [-0.1, -0.05) is 13.8 Å². The molecular weight excluding hydrogens is 868 g/mol. The second-order valence-corrected chi connectivity index (χ2v) is 21.7. The lowest BCUT2D eigenvalue weighted by atomic mass is 9.43. The third-order valence-electron chi connectivity index (χ3n) is 18.0. The molecule has 0 aromatic heterocycles. The van der Waals surface area contributed by atoms with Crippen molar-refractivity contribution in [1.29, 1.82) is 0 Å². The van der Waals surface area contributed by atoms with Crippen molar-refractivity contribution in [2.45, 2.75) is 228 Å². The first-order valence-electron chi connectivity index (χ1n) is 24.4. The van der Waals surface area contributed by atoms with Crippen LogP contribution in [0.5, 0.6) is 0 Å². The van der Waals surface area contributed by atoms with Crippen molar-refractivity contribution in [2.75, 3.05) is 13.2 Å². The SMILES string of the molecule is CC1OC(OC2C(C)OC(OC3CCC4(C)C(CCC5C4CCC4(C)C(C6=CC(=O)OC6)C(O)CC54O)C3)CC2OC2CC(OC3OC(CO)C(O)C(O)C3O)C(O)C(C)O2)CC(O)C1O. The second-order valence-electron chi connectivity index (χ2n) is 21.7. The Morgan fingerprint density at radius 2 is 1.35 bits per heavy atom. The standard InChI is InChI=1S/C47H74O19/c1-20-38(52)28(49)14-34(59-20)66-43-22(3)61-35(16-31(43)63-36-15-30(39(53)21(2)60-36)64-44-42(56)41(55)40(54)32(18-48)65-44)62-25-8-10-45(4)24(13-25)6-7-27-26(45)9-11-46(5)37(23-12-33(51)58-19-23)29(50)17-47(27,46)57/h12,20-22,24-32,34-44,48-50,52-57H,6-11,13-19H2,1-5H3. The van der Waals surface area contributed by atoms with Crippen LogP contribution in [0.1, 0.15) is 105 Å². The molecule has 5 heterocycles. The van der Waals surface area contributed by atoms with Crippen molar-refractivity contribution < 1.29 is 93.4 Å². The van der Waals surface area contributed by atoms with Crippen LogP contribution >= 0.6 is 0 Å². The molecule has 19 heteroatoms. The minimum Gasteiger partial charge on any atom is -0.458 e. The van der Waals surface area contributed by atoms with Crippen LogP contribution in [0.3, 0.4) is 0 Å². The lowest BCUT2D eigenvalue weighted by molar-refractivity contribution is -0.357. The van der Waals surface area contributed by atoms with Gasteiger partial charge in [-0.05, 0) is 94.5 Å². The third kappa shape index (κ3) is 8.75. The first kappa shape index (κ1) is 49.5. The number of hydrogen-bond acceptors (Lipinski definition) is 19. The molecule has 4 saturated heterocycles. The zero-order chi connectivity index (χ0) is 47.2. The van der Waals surface area contributed by atoms with E-state index in [1.54, 1.807) is 13.8 Å². The van der Waals surface area contributed by atoms with E-state index in [0.29, 0.717) is 5.92 Å². The van der Waals surface area contributed by atoms with E-state index in [1.165, 1.54) is 6.08 Å². The van der Waals surface area contributed by atoms with Gasteiger partial charge in [0.05, 0.1) is 61.0 Å². The number of ether oxygens (including phenoxy) is 9. The zero-order valence-electron chi connectivity index (χ0n) is 38.7. The number of carbonyl (C=O) groups excluding carboxylic acids is 1. The molecule has 0 radical (unpaired) electrons. The fraction of sp³-hybridized carbons (Fsp3) is 0.936. The van der Waals surface area contributed by atoms with Crippen molar-refractivity contribution in [3.63, 3.8) is 0 Å². The van der Waals surface area contributed by atoms with Gasteiger partial charge in [0.25, 0.3) is 0 Å². The Morgan fingerprint density at radius 3 is 2.05 bits per heavy atom. The van der Waals surface area contributed by atoms with Crippen molar-refractivity contribution in [3.8, 4) is 0 Å². The fourth-order valence-electron chi connectivity index (χ4n) is 14.3. The van der Waals surface area contributed by atoms with E-state index in [1.807, 2.05) is 6.92 Å². The maximum atomic E-state index is 12.7. The van der Waals surface area contributed by atoms with Gasteiger partial charge in [0, 0.05) is 43.1 Å². The molecule has 0 spiro atoms. The summed E-state index contributed by atoms with van der Waals surface area (Å²) < 4.78 is 55.5. The predicted octanol–water partition coefficient (Wildman–Crippen LogP) is 0.0423. The summed E-state index contributed by atoms with van der Waals surface area (Å²) in [6.45, 7) is 9.12. The highest BCUT2D eigenvalue weighted by Gasteiger charge is 2.70. The summed E-state index contributed by atoms with van der Waals surface area (Å²) in [5.74, 6) is -0.120. The molecule has 19 nitrogen and oxygen atoms in total. The summed E-state index contributed by atoms with van der Waals surface area (Å²) in [4.78, 5) is 12.1. The number of esters is 1. The minimum atomic E-state index is -1.68. The molecule has 26 unspecified atom stereocenters. The molecular formula is C47H74O19. The Kier molecular flexibility index (Phi) is 14.2. The van der Waals surface area contributed by atoms with Gasteiger partial charge in [0.2, 0.25) is 0 Å². The van der Waals surface area contributed by atoms with Gasteiger partial charge < -0.3 is 88.6 Å². The highest BCUT2D eigenvalue weighted by atomic mass is 16.8. The van der Waals surface area contributed by atoms with Gasteiger partial charge in [0.15, 0.2) is 25.2 Å². The van der Waals surface area contributed by atoms with Crippen LogP contribution in [0.25, 0.3) is 0 Å². The number of carbonyl (C=O) groups is 1. The summed E-state index contributed by atoms with van der Waals surface area (Å²) in [5.41, 5.74) is -0.918. The lowest BCUT2D eigenvalue weighted by Crippen LogP contribution is -2.62. The van der Waals surface area contributed by atoms with Crippen molar-refractivity contribution in [3.05, 3.63) is 11.6 Å². The Labute approximate surface area is 385 Å². The van der Waals surface area contributed by atoms with Gasteiger partial charge in [-0.2, -0.15) is 0 Å². The van der Waals surface area contributed by atoms with Crippen LogP contribution in [0.15, 0.2) is 11.6 Å². The molecule has 26 atom stereocenters. The quantitative estimate of drug-likeness (QED) is 0.103. The van der Waals surface area contributed by atoms with E-state index in [4.69, 9.17) is 42.6 Å². The first-order valence-corrected chi connectivity index (χ1v) is 24.4. The normalized spacial score (nSPS) is 55.3. The molecule has 0 bridgehead atoms. The van der Waals surface area contributed by atoms with Crippen LogP contribution in [-0.2, 0) is 47.4 Å². The van der Waals surface area contributed by atoms with Gasteiger partial charge >= 0.3 is 5.97 Å². The first-order chi connectivity index (χ1) is 31.2. The minimum absolute atomic E-state index is 0.00941. The molecule has 376 valence electrons. The van der Waals surface area contributed by atoms with E-state index in [9.17, 15) is 50.8 Å². The largest absolute Gasteiger partial charge is 0.458 e. The van der Waals surface area contributed by atoms with Gasteiger partial charge in [-0.15, -0.1) is 0 Å². The van der Waals surface area contributed by atoms with Gasteiger partial charge in [-0.3, -0.25) is 0 Å². The molecule has 9 rings (SSSR count). The molecule has 4 saturated carbocycles. The topological polar surface area (TPSA) is 282 Å². The van der Waals surface area contributed by atoms with Crippen LogP contribution in [-0.4, -0.2) is 187 Å². The summed E-state index contributed by atoms with van der Waals surface area (Å²) in [6, 6.07) is 0. The average molecular weight is 943 g/mol. The fourth-order valence-corrected chi connectivity index (χ4v) is 14.3. The number of rotatable bonds is 10. The number of fused-ring (bicyclic) bond motifs is 5. The van der Waals surface area contributed by atoms with Crippen LogP contribution < -0.4 is 0 Å². The number of cyclic esters (lactones) is 1. The summed E-state index contributed by atoms with van der Waals surface area (Å²) in [6.07, 6.45) is -11.3. The van der Waals surface area contributed by atoms with E-state index >= 15 is 0 Å². The van der Waals surface area contributed by atoms with Gasteiger partial charge in [0.1, 0.15) is 49.3 Å². The molecule has 9 N–H and O–H groups in total. The maximum absolute atomic E-state index is 12.7. The highest BCUT2D eigenvalue weighted by Crippen LogP contribution is 2.70. The van der Waals surface area contributed by atoms with Crippen LogP contribution in [0, 0.1) is 34.5 Å². The van der Waals surface area contributed by atoms with Crippen molar-refractivity contribution in [2.24, 2.45) is 34.5 Å². The molecule has 8 fully saturated rings.